The van der Waals surface area contributed by atoms with E-state index in [9.17, 15) is 0 Å². The van der Waals surface area contributed by atoms with Crippen molar-refractivity contribution < 1.29 is 4.42 Å². The van der Waals surface area contributed by atoms with Gasteiger partial charge in [-0.25, -0.2) is 9.97 Å². The van der Waals surface area contributed by atoms with Crippen molar-refractivity contribution in [1.29, 1.82) is 0 Å². The van der Waals surface area contributed by atoms with Crippen LogP contribution in [0.2, 0.25) is 0 Å². The van der Waals surface area contributed by atoms with Crippen LogP contribution in [-0.4, -0.2) is 14.5 Å². The molecule has 3 aromatic heterocycles. The third-order valence-corrected chi connectivity index (χ3v) is 9.17. The Hall–Kier alpha value is -6.26. The van der Waals surface area contributed by atoms with Gasteiger partial charge < -0.3 is 8.98 Å². The number of nitrogens with zero attached hydrogens (tertiary/aromatic N) is 3. The molecule has 214 valence electrons. The molecule has 0 radical (unpaired) electrons. The predicted octanol–water partition coefficient (Wildman–Crippen LogP) is 11.1. The fourth-order valence-electron chi connectivity index (χ4n) is 7.16. The highest BCUT2D eigenvalue weighted by atomic mass is 16.3. The Morgan fingerprint density at radius 3 is 1.70 bits per heavy atom. The fraction of sp³-hybridized carbons (Fsp3) is 0. The zero-order valence-corrected chi connectivity index (χ0v) is 24.7. The molecule has 0 unspecified atom stereocenters. The number of hydrogen-bond donors (Lipinski definition) is 0. The Labute approximate surface area is 263 Å². The van der Waals surface area contributed by atoms with Crippen LogP contribution in [0.4, 0.5) is 0 Å². The number of hydrogen-bond acceptors (Lipinski definition) is 3. The van der Waals surface area contributed by atoms with Gasteiger partial charge >= 0.3 is 0 Å². The molecule has 0 bridgehead atoms. The average Bonchev–Trinajstić information content (AvgIpc) is 3.69. The SMILES string of the molecule is c1ccc(-c2nc3ccccc3nc2-c2ccc(-n3c4ccccc4c4c5ccccc5c5c6ccccc6oc5c43)cc2)cc1. The molecular weight excluding hydrogens is 562 g/mol. The lowest BCUT2D eigenvalue weighted by Gasteiger charge is -2.13. The van der Waals surface area contributed by atoms with Crippen molar-refractivity contribution in [2.75, 3.05) is 0 Å². The van der Waals surface area contributed by atoms with Gasteiger partial charge in [-0.15, -0.1) is 0 Å². The first-order valence-corrected chi connectivity index (χ1v) is 15.5. The molecule has 10 rings (SSSR count). The molecule has 3 heterocycles. The third-order valence-electron chi connectivity index (χ3n) is 9.17. The number of furan rings is 1. The summed E-state index contributed by atoms with van der Waals surface area (Å²) in [5.41, 5.74) is 10.6. The minimum Gasteiger partial charge on any atom is -0.454 e. The zero-order valence-electron chi connectivity index (χ0n) is 24.7. The Balaban J connectivity index is 1.26. The molecule has 0 fully saturated rings. The van der Waals surface area contributed by atoms with Gasteiger partial charge in [0.05, 0.1) is 33.5 Å². The molecule has 0 amide bonds. The highest BCUT2D eigenvalue weighted by Crippen LogP contribution is 2.45. The van der Waals surface area contributed by atoms with Crippen LogP contribution in [0.1, 0.15) is 0 Å². The maximum atomic E-state index is 6.73. The summed E-state index contributed by atoms with van der Waals surface area (Å²) in [5.74, 6) is 0. The second-order valence-electron chi connectivity index (χ2n) is 11.7. The molecule has 0 N–H and O–H groups in total. The maximum Gasteiger partial charge on any atom is 0.160 e. The second-order valence-corrected chi connectivity index (χ2v) is 11.7. The summed E-state index contributed by atoms with van der Waals surface area (Å²) < 4.78 is 9.08. The van der Waals surface area contributed by atoms with E-state index in [-0.39, 0.29) is 0 Å². The molecule has 0 atom stereocenters. The van der Waals surface area contributed by atoms with Gasteiger partial charge in [-0.3, -0.25) is 0 Å². The van der Waals surface area contributed by atoms with Gasteiger partial charge in [-0.2, -0.15) is 0 Å². The van der Waals surface area contributed by atoms with E-state index in [1.165, 1.54) is 21.5 Å². The molecule has 7 aromatic carbocycles. The van der Waals surface area contributed by atoms with E-state index in [1.807, 2.05) is 48.5 Å². The quantitative estimate of drug-likeness (QED) is 0.207. The first kappa shape index (κ1) is 25.1. The van der Waals surface area contributed by atoms with Crippen LogP contribution in [0.5, 0.6) is 0 Å². The number of para-hydroxylation sites is 4. The van der Waals surface area contributed by atoms with Crippen LogP contribution in [0, 0.1) is 0 Å². The van der Waals surface area contributed by atoms with Gasteiger partial charge in [0.15, 0.2) is 5.58 Å². The van der Waals surface area contributed by atoms with Crippen molar-refractivity contribution in [3.05, 3.63) is 152 Å². The van der Waals surface area contributed by atoms with E-state index in [0.717, 1.165) is 72.2 Å². The standard InChI is InChI=1S/C42H25N3O/c1-2-12-26(13-3-1)39-40(44-34-19-9-8-18-33(34)43-39)27-22-24-28(25-23-27)45-35-20-10-6-16-31(35)37-29-14-4-5-15-30(29)38-32-17-7-11-21-36(32)46-42(38)41(37)45/h1-25H. The average molecular weight is 588 g/mol. The van der Waals surface area contributed by atoms with Crippen LogP contribution >= 0.6 is 0 Å². The van der Waals surface area contributed by atoms with Gasteiger partial charge in [0.1, 0.15) is 5.58 Å². The number of benzene rings is 7. The van der Waals surface area contributed by atoms with Crippen molar-refractivity contribution in [3.8, 4) is 28.2 Å². The Morgan fingerprint density at radius 1 is 0.435 bits per heavy atom. The molecule has 4 nitrogen and oxygen atoms in total. The van der Waals surface area contributed by atoms with Crippen LogP contribution in [0.25, 0.3) is 93.8 Å². The van der Waals surface area contributed by atoms with Crippen molar-refractivity contribution in [1.82, 2.24) is 14.5 Å². The summed E-state index contributed by atoms with van der Waals surface area (Å²) in [6, 6.07) is 52.8. The van der Waals surface area contributed by atoms with Crippen LogP contribution in [-0.2, 0) is 0 Å². The van der Waals surface area contributed by atoms with Crippen molar-refractivity contribution in [2.24, 2.45) is 0 Å². The van der Waals surface area contributed by atoms with E-state index < -0.39 is 0 Å². The Bertz CT molecular complexity index is 2790. The Morgan fingerprint density at radius 2 is 0.978 bits per heavy atom. The minimum absolute atomic E-state index is 0.865. The lowest BCUT2D eigenvalue weighted by Crippen LogP contribution is -1.97. The molecule has 0 aliphatic carbocycles. The van der Waals surface area contributed by atoms with E-state index >= 15 is 0 Å². The molecule has 46 heavy (non-hydrogen) atoms. The summed E-state index contributed by atoms with van der Waals surface area (Å²) in [6.07, 6.45) is 0. The van der Waals surface area contributed by atoms with Gasteiger partial charge in [0.25, 0.3) is 0 Å². The monoisotopic (exact) mass is 587 g/mol. The molecule has 0 aliphatic heterocycles. The molecule has 0 saturated heterocycles. The summed E-state index contributed by atoms with van der Waals surface area (Å²) in [5, 5.41) is 7.11. The fourth-order valence-corrected chi connectivity index (χ4v) is 7.16. The van der Waals surface area contributed by atoms with E-state index in [0.29, 0.717) is 0 Å². The molecule has 0 aliphatic rings. The lowest BCUT2D eigenvalue weighted by molar-refractivity contribution is 0.671. The summed E-state index contributed by atoms with van der Waals surface area (Å²) >= 11 is 0. The minimum atomic E-state index is 0.865. The molecule has 0 spiro atoms. The van der Waals surface area contributed by atoms with Gasteiger partial charge in [-0.05, 0) is 47.2 Å². The van der Waals surface area contributed by atoms with E-state index in [2.05, 4.69) is 108 Å². The zero-order chi connectivity index (χ0) is 30.2. The second kappa shape index (κ2) is 9.62. The highest BCUT2D eigenvalue weighted by Gasteiger charge is 2.23. The first-order chi connectivity index (χ1) is 22.8. The number of rotatable bonds is 3. The number of aromatic nitrogens is 3. The van der Waals surface area contributed by atoms with Gasteiger partial charge in [0.2, 0.25) is 0 Å². The highest BCUT2D eigenvalue weighted by molar-refractivity contribution is 6.35. The molecule has 0 saturated carbocycles. The van der Waals surface area contributed by atoms with Gasteiger partial charge in [-0.1, -0.05) is 115 Å². The van der Waals surface area contributed by atoms with Gasteiger partial charge in [0, 0.05) is 38.4 Å². The lowest BCUT2D eigenvalue weighted by atomic mass is 9.99. The molecule has 4 heteroatoms. The van der Waals surface area contributed by atoms with Crippen molar-refractivity contribution in [2.45, 2.75) is 0 Å². The number of fused-ring (bicyclic) bond motifs is 11. The normalized spacial score (nSPS) is 11.9. The topological polar surface area (TPSA) is 43.9 Å². The summed E-state index contributed by atoms with van der Waals surface area (Å²) in [6.45, 7) is 0. The summed E-state index contributed by atoms with van der Waals surface area (Å²) in [7, 11) is 0. The smallest absolute Gasteiger partial charge is 0.160 e. The third kappa shape index (κ3) is 3.55. The Kier molecular flexibility index (Phi) is 5.25. The van der Waals surface area contributed by atoms with Crippen LogP contribution in [0.3, 0.4) is 0 Å². The predicted molar refractivity (Wildman–Crippen MR) is 190 cm³/mol. The maximum absolute atomic E-state index is 6.73. The molecule has 10 aromatic rings. The molecular formula is C42H25N3O. The first-order valence-electron chi connectivity index (χ1n) is 15.5. The van der Waals surface area contributed by atoms with E-state index in [1.54, 1.807) is 0 Å². The largest absolute Gasteiger partial charge is 0.454 e. The van der Waals surface area contributed by atoms with Crippen molar-refractivity contribution in [3.63, 3.8) is 0 Å². The van der Waals surface area contributed by atoms with Crippen molar-refractivity contribution >= 4 is 65.6 Å². The summed E-state index contributed by atoms with van der Waals surface area (Å²) in [4.78, 5) is 10.2. The van der Waals surface area contributed by atoms with Crippen LogP contribution in [0.15, 0.2) is 156 Å². The van der Waals surface area contributed by atoms with Crippen LogP contribution < -0.4 is 0 Å². The van der Waals surface area contributed by atoms with E-state index in [4.69, 9.17) is 14.4 Å².